The Morgan fingerprint density at radius 2 is 1.79 bits per heavy atom. The molecular formula is C26H20BrClN2O3. The van der Waals surface area contributed by atoms with E-state index in [9.17, 15) is 4.79 Å². The molecule has 0 spiro atoms. The van der Waals surface area contributed by atoms with Crippen molar-refractivity contribution in [2.24, 2.45) is 5.10 Å². The van der Waals surface area contributed by atoms with Crippen molar-refractivity contribution in [2.75, 3.05) is 7.11 Å². The van der Waals surface area contributed by atoms with Crippen LogP contribution in [0.1, 0.15) is 21.5 Å². The molecule has 0 aliphatic carbocycles. The van der Waals surface area contributed by atoms with Crippen LogP contribution in [0.5, 0.6) is 11.5 Å². The molecule has 0 aromatic heterocycles. The zero-order valence-corrected chi connectivity index (χ0v) is 20.1. The van der Waals surface area contributed by atoms with Gasteiger partial charge in [-0.25, -0.2) is 5.43 Å². The second-order valence-electron chi connectivity index (χ2n) is 7.18. The molecule has 0 radical (unpaired) electrons. The maximum absolute atomic E-state index is 12.5. The first-order chi connectivity index (χ1) is 16.0. The number of rotatable bonds is 7. The summed E-state index contributed by atoms with van der Waals surface area (Å²) in [6.45, 7) is 0.296. The number of amides is 1. The summed E-state index contributed by atoms with van der Waals surface area (Å²) in [7, 11) is 1.56. The van der Waals surface area contributed by atoms with E-state index in [4.69, 9.17) is 21.1 Å². The number of halogens is 2. The zero-order valence-electron chi connectivity index (χ0n) is 17.7. The van der Waals surface area contributed by atoms with Crippen molar-refractivity contribution in [3.05, 3.63) is 105 Å². The Labute approximate surface area is 205 Å². The fourth-order valence-electron chi connectivity index (χ4n) is 3.28. The van der Waals surface area contributed by atoms with Crippen LogP contribution in [0.3, 0.4) is 0 Å². The number of carbonyl (C=O) groups excluding carboxylic acids is 1. The van der Waals surface area contributed by atoms with Crippen molar-refractivity contribution < 1.29 is 14.3 Å². The molecule has 1 N–H and O–H groups in total. The zero-order chi connectivity index (χ0) is 23.2. The fraction of sp³-hybridized carbons (Fsp3) is 0.0769. The van der Waals surface area contributed by atoms with E-state index in [0.29, 0.717) is 33.2 Å². The lowest BCUT2D eigenvalue weighted by atomic mass is 10.1. The van der Waals surface area contributed by atoms with Crippen LogP contribution in [0, 0.1) is 0 Å². The quantitative estimate of drug-likeness (QED) is 0.219. The minimum atomic E-state index is -0.289. The van der Waals surface area contributed by atoms with Gasteiger partial charge in [-0.1, -0.05) is 60.1 Å². The smallest absolute Gasteiger partial charge is 0.271 e. The molecule has 0 unspecified atom stereocenters. The number of hydrogen-bond donors (Lipinski definition) is 1. The maximum atomic E-state index is 12.5. The lowest BCUT2D eigenvalue weighted by molar-refractivity contribution is 0.0955. The Morgan fingerprint density at radius 1 is 1.03 bits per heavy atom. The van der Waals surface area contributed by atoms with Gasteiger partial charge in [0.1, 0.15) is 6.61 Å². The highest BCUT2D eigenvalue weighted by Gasteiger charge is 2.12. The van der Waals surface area contributed by atoms with Crippen LogP contribution in [0.2, 0.25) is 5.02 Å². The largest absolute Gasteiger partial charge is 0.493 e. The molecule has 33 heavy (non-hydrogen) atoms. The van der Waals surface area contributed by atoms with Gasteiger partial charge in [-0.3, -0.25) is 4.79 Å². The minimum absolute atomic E-state index is 0.289. The van der Waals surface area contributed by atoms with Gasteiger partial charge in [0.15, 0.2) is 11.5 Å². The van der Waals surface area contributed by atoms with Crippen molar-refractivity contribution in [1.29, 1.82) is 0 Å². The maximum Gasteiger partial charge on any atom is 0.271 e. The van der Waals surface area contributed by atoms with E-state index >= 15 is 0 Å². The number of benzene rings is 4. The van der Waals surface area contributed by atoms with E-state index in [2.05, 4.69) is 26.5 Å². The van der Waals surface area contributed by atoms with E-state index in [1.165, 1.54) is 0 Å². The van der Waals surface area contributed by atoms with E-state index in [0.717, 1.165) is 21.9 Å². The molecule has 0 aliphatic heterocycles. The monoisotopic (exact) mass is 522 g/mol. The number of fused-ring (bicyclic) bond motifs is 1. The first-order valence-corrected chi connectivity index (χ1v) is 11.3. The Kier molecular flexibility index (Phi) is 7.27. The number of hydrogen-bond acceptors (Lipinski definition) is 4. The van der Waals surface area contributed by atoms with E-state index in [1.807, 2.05) is 66.7 Å². The molecule has 0 saturated carbocycles. The van der Waals surface area contributed by atoms with Crippen LogP contribution < -0.4 is 14.9 Å². The number of methoxy groups -OCH3 is 1. The van der Waals surface area contributed by atoms with Gasteiger partial charge in [0.2, 0.25) is 0 Å². The first-order valence-electron chi connectivity index (χ1n) is 10.1. The van der Waals surface area contributed by atoms with Crippen LogP contribution in [-0.2, 0) is 6.61 Å². The normalized spacial score (nSPS) is 11.0. The summed E-state index contributed by atoms with van der Waals surface area (Å²) in [6.07, 6.45) is 1.55. The number of carbonyl (C=O) groups is 1. The van der Waals surface area contributed by atoms with Gasteiger partial charge in [0.25, 0.3) is 5.91 Å². The molecular weight excluding hydrogens is 504 g/mol. The summed E-state index contributed by atoms with van der Waals surface area (Å²) < 4.78 is 12.1. The van der Waals surface area contributed by atoms with Gasteiger partial charge in [0, 0.05) is 16.1 Å². The summed E-state index contributed by atoms with van der Waals surface area (Å²) in [6, 6.07) is 24.5. The molecule has 4 aromatic carbocycles. The summed E-state index contributed by atoms with van der Waals surface area (Å²) in [5, 5.41) is 6.80. The van der Waals surface area contributed by atoms with Crippen LogP contribution >= 0.6 is 27.5 Å². The Morgan fingerprint density at radius 3 is 2.58 bits per heavy atom. The summed E-state index contributed by atoms with van der Waals surface area (Å²) in [5.41, 5.74) is 4.70. The fourth-order valence-corrected chi connectivity index (χ4v) is 4.04. The third kappa shape index (κ3) is 5.53. The Hall–Kier alpha value is -3.35. The van der Waals surface area contributed by atoms with Crippen molar-refractivity contribution >= 4 is 50.4 Å². The van der Waals surface area contributed by atoms with Crippen LogP contribution in [0.25, 0.3) is 10.8 Å². The second kappa shape index (κ2) is 10.5. The lowest BCUT2D eigenvalue weighted by Crippen LogP contribution is -2.17. The molecule has 4 rings (SSSR count). The van der Waals surface area contributed by atoms with Gasteiger partial charge in [0.05, 0.1) is 17.8 Å². The van der Waals surface area contributed by atoms with Gasteiger partial charge < -0.3 is 9.47 Å². The molecule has 4 aromatic rings. The molecule has 166 valence electrons. The molecule has 0 saturated heterocycles. The molecule has 0 aliphatic rings. The third-order valence-electron chi connectivity index (χ3n) is 4.97. The highest BCUT2D eigenvalue weighted by molar-refractivity contribution is 9.10. The van der Waals surface area contributed by atoms with Crippen molar-refractivity contribution in [3.63, 3.8) is 0 Å². The standard InChI is InChI=1S/C26H20BrClN2O3/c1-32-24-13-17(12-22(27)25(24)33-16-21-8-4-5-9-23(21)28)15-29-30-26(31)20-11-10-18-6-2-3-7-19(18)14-20/h2-15H,16H2,1H3,(H,30,31)/b29-15-. The van der Waals surface area contributed by atoms with Crippen molar-refractivity contribution in [3.8, 4) is 11.5 Å². The number of ether oxygens (including phenoxy) is 2. The highest BCUT2D eigenvalue weighted by atomic mass is 79.9. The van der Waals surface area contributed by atoms with Crippen molar-refractivity contribution in [2.45, 2.75) is 6.61 Å². The molecule has 1 amide bonds. The average Bonchev–Trinajstić information content (AvgIpc) is 2.83. The topological polar surface area (TPSA) is 59.9 Å². The lowest BCUT2D eigenvalue weighted by Gasteiger charge is -2.14. The van der Waals surface area contributed by atoms with Crippen molar-refractivity contribution in [1.82, 2.24) is 5.43 Å². The minimum Gasteiger partial charge on any atom is -0.493 e. The first kappa shape index (κ1) is 22.8. The summed E-state index contributed by atoms with van der Waals surface area (Å²) in [4.78, 5) is 12.5. The number of nitrogens with one attached hydrogen (secondary N) is 1. The van der Waals surface area contributed by atoms with Crippen LogP contribution in [0.15, 0.2) is 88.4 Å². The van der Waals surface area contributed by atoms with Gasteiger partial charge >= 0.3 is 0 Å². The number of hydrazone groups is 1. The molecule has 0 fully saturated rings. The third-order valence-corrected chi connectivity index (χ3v) is 5.93. The Balaban J connectivity index is 1.45. The summed E-state index contributed by atoms with van der Waals surface area (Å²) >= 11 is 9.73. The predicted molar refractivity (Wildman–Crippen MR) is 135 cm³/mol. The molecule has 0 bridgehead atoms. The van der Waals surface area contributed by atoms with Gasteiger partial charge in [-0.15, -0.1) is 0 Å². The molecule has 0 atom stereocenters. The van der Waals surface area contributed by atoms with Crippen LogP contribution in [0.4, 0.5) is 0 Å². The van der Waals surface area contributed by atoms with E-state index in [-0.39, 0.29) is 5.91 Å². The van der Waals surface area contributed by atoms with E-state index in [1.54, 1.807) is 25.5 Å². The summed E-state index contributed by atoms with van der Waals surface area (Å²) in [5.74, 6) is 0.788. The highest BCUT2D eigenvalue weighted by Crippen LogP contribution is 2.37. The predicted octanol–water partition coefficient (Wildman–Crippen LogP) is 6.61. The van der Waals surface area contributed by atoms with E-state index < -0.39 is 0 Å². The van der Waals surface area contributed by atoms with Gasteiger partial charge in [-0.2, -0.15) is 5.10 Å². The van der Waals surface area contributed by atoms with Gasteiger partial charge in [-0.05, 0) is 62.6 Å². The number of nitrogens with zero attached hydrogens (tertiary/aromatic N) is 1. The Bertz CT molecular complexity index is 1340. The average molecular weight is 524 g/mol. The molecule has 7 heteroatoms. The van der Waals surface area contributed by atoms with Crippen LogP contribution in [-0.4, -0.2) is 19.2 Å². The molecule has 0 heterocycles. The molecule has 5 nitrogen and oxygen atoms in total. The second-order valence-corrected chi connectivity index (χ2v) is 8.44. The SMILES string of the molecule is COc1cc(/C=N\NC(=O)c2ccc3ccccc3c2)cc(Br)c1OCc1ccccc1Cl.